The van der Waals surface area contributed by atoms with Gasteiger partial charge in [-0.15, -0.1) is 0 Å². The van der Waals surface area contributed by atoms with Crippen molar-refractivity contribution in [1.82, 2.24) is 9.97 Å². The molecule has 0 amide bonds. The Morgan fingerprint density at radius 2 is 1.81 bits per heavy atom. The number of aromatic nitrogens is 2. The maximum Gasteiger partial charge on any atom is 0.0622 e. The Bertz CT molecular complexity index is 459. The van der Waals surface area contributed by atoms with Gasteiger partial charge in [0, 0.05) is 30.8 Å². The van der Waals surface area contributed by atoms with E-state index >= 15 is 0 Å². The lowest BCUT2D eigenvalue weighted by Crippen LogP contribution is -2.13. The molecule has 0 aliphatic carbocycles. The first-order valence-electron chi connectivity index (χ1n) is 5.01. The lowest BCUT2D eigenvalue weighted by atomic mass is 10.0. The maximum atomic E-state index is 6.09. The van der Waals surface area contributed by atoms with Gasteiger partial charge in [-0.3, -0.25) is 9.97 Å². The third-order valence-corrected chi connectivity index (χ3v) is 2.77. The Labute approximate surface area is 99.3 Å². The van der Waals surface area contributed by atoms with Crippen LogP contribution in [-0.2, 0) is 6.42 Å². The molecule has 0 aliphatic rings. The van der Waals surface area contributed by atoms with Gasteiger partial charge in [-0.05, 0) is 35.7 Å². The smallest absolute Gasteiger partial charge is 0.0622 e. The minimum absolute atomic E-state index is 0.0668. The van der Waals surface area contributed by atoms with Crippen molar-refractivity contribution in [2.24, 2.45) is 5.73 Å². The minimum Gasteiger partial charge on any atom is -0.324 e. The number of nitrogens with zero attached hydrogens (tertiary/aromatic N) is 2. The summed E-state index contributed by atoms with van der Waals surface area (Å²) in [4.78, 5) is 7.90. The SMILES string of the molecule is NC(Cc1ccncc1Cl)c1ccncc1. The Morgan fingerprint density at radius 3 is 2.50 bits per heavy atom. The van der Waals surface area contributed by atoms with Gasteiger partial charge in [0.25, 0.3) is 0 Å². The highest BCUT2D eigenvalue weighted by Gasteiger charge is 2.08. The number of halogens is 1. The summed E-state index contributed by atoms with van der Waals surface area (Å²) in [5.41, 5.74) is 8.16. The molecule has 3 nitrogen and oxygen atoms in total. The quantitative estimate of drug-likeness (QED) is 0.886. The molecule has 2 rings (SSSR count). The highest BCUT2D eigenvalue weighted by Crippen LogP contribution is 2.20. The van der Waals surface area contributed by atoms with Gasteiger partial charge in [0.1, 0.15) is 0 Å². The average molecular weight is 234 g/mol. The summed E-state index contributed by atoms with van der Waals surface area (Å²) in [6, 6.07) is 5.66. The van der Waals surface area contributed by atoms with Crippen LogP contribution in [0.5, 0.6) is 0 Å². The number of pyridine rings is 2. The van der Waals surface area contributed by atoms with E-state index in [2.05, 4.69) is 9.97 Å². The fourth-order valence-electron chi connectivity index (χ4n) is 1.53. The summed E-state index contributed by atoms with van der Waals surface area (Å²) >= 11 is 6.03. The first kappa shape index (κ1) is 11.0. The molecule has 0 bridgehead atoms. The minimum atomic E-state index is -0.0668. The van der Waals surface area contributed by atoms with E-state index in [1.54, 1.807) is 24.8 Å². The zero-order valence-electron chi connectivity index (χ0n) is 8.68. The summed E-state index contributed by atoms with van der Waals surface area (Å²) in [6.07, 6.45) is 7.54. The first-order valence-corrected chi connectivity index (χ1v) is 5.39. The molecule has 0 radical (unpaired) electrons. The molecular weight excluding hydrogens is 222 g/mol. The van der Waals surface area contributed by atoms with Crippen LogP contribution in [0.3, 0.4) is 0 Å². The second-order valence-corrected chi connectivity index (χ2v) is 3.97. The van der Waals surface area contributed by atoms with Crippen molar-refractivity contribution < 1.29 is 0 Å². The Hall–Kier alpha value is -1.45. The molecule has 1 unspecified atom stereocenters. The van der Waals surface area contributed by atoms with Gasteiger partial charge in [-0.2, -0.15) is 0 Å². The van der Waals surface area contributed by atoms with E-state index in [1.807, 2.05) is 18.2 Å². The topological polar surface area (TPSA) is 51.8 Å². The fraction of sp³-hybridized carbons (Fsp3) is 0.167. The van der Waals surface area contributed by atoms with E-state index in [9.17, 15) is 0 Å². The van der Waals surface area contributed by atoms with Crippen molar-refractivity contribution in [3.05, 3.63) is 59.1 Å². The summed E-state index contributed by atoms with van der Waals surface area (Å²) in [5.74, 6) is 0. The second-order valence-electron chi connectivity index (χ2n) is 3.56. The van der Waals surface area contributed by atoms with Gasteiger partial charge in [-0.25, -0.2) is 0 Å². The summed E-state index contributed by atoms with van der Waals surface area (Å²) < 4.78 is 0. The number of hydrogen-bond acceptors (Lipinski definition) is 3. The Balaban J connectivity index is 2.14. The molecule has 0 spiro atoms. The summed E-state index contributed by atoms with van der Waals surface area (Å²) in [6.45, 7) is 0. The second kappa shape index (κ2) is 5.05. The molecule has 2 aromatic heterocycles. The molecule has 2 heterocycles. The molecule has 4 heteroatoms. The fourth-order valence-corrected chi connectivity index (χ4v) is 1.73. The molecule has 0 fully saturated rings. The normalized spacial score (nSPS) is 12.4. The molecule has 0 saturated carbocycles. The number of nitrogens with two attached hydrogens (primary N) is 1. The highest BCUT2D eigenvalue weighted by atomic mass is 35.5. The van der Waals surface area contributed by atoms with Crippen LogP contribution in [-0.4, -0.2) is 9.97 Å². The van der Waals surface area contributed by atoms with Crippen molar-refractivity contribution >= 4 is 11.6 Å². The van der Waals surface area contributed by atoms with E-state index in [0.717, 1.165) is 11.1 Å². The van der Waals surface area contributed by atoms with Gasteiger partial charge in [0.15, 0.2) is 0 Å². The van der Waals surface area contributed by atoms with Crippen LogP contribution in [0.2, 0.25) is 5.02 Å². The van der Waals surface area contributed by atoms with Crippen LogP contribution in [0.25, 0.3) is 0 Å². The van der Waals surface area contributed by atoms with Crippen LogP contribution < -0.4 is 5.73 Å². The number of hydrogen-bond donors (Lipinski definition) is 1. The Morgan fingerprint density at radius 1 is 1.12 bits per heavy atom. The predicted molar refractivity (Wildman–Crippen MR) is 64.1 cm³/mol. The average Bonchev–Trinajstić information content (AvgIpc) is 2.33. The maximum absolute atomic E-state index is 6.09. The van der Waals surface area contributed by atoms with Crippen molar-refractivity contribution in [2.45, 2.75) is 12.5 Å². The lowest BCUT2D eigenvalue weighted by molar-refractivity contribution is 0.720. The van der Waals surface area contributed by atoms with Crippen molar-refractivity contribution in [1.29, 1.82) is 0 Å². The molecule has 16 heavy (non-hydrogen) atoms. The van der Waals surface area contributed by atoms with Gasteiger partial charge < -0.3 is 5.73 Å². The number of rotatable bonds is 3. The predicted octanol–water partition coefficient (Wildman–Crippen LogP) is 2.37. The van der Waals surface area contributed by atoms with E-state index in [1.165, 1.54) is 0 Å². The third kappa shape index (κ3) is 2.56. The zero-order chi connectivity index (χ0) is 11.4. The van der Waals surface area contributed by atoms with E-state index in [4.69, 9.17) is 17.3 Å². The van der Waals surface area contributed by atoms with Crippen LogP contribution in [0.1, 0.15) is 17.2 Å². The van der Waals surface area contributed by atoms with Crippen molar-refractivity contribution in [3.63, 3.8) is 0 Å². The molecule has 82 valence electrons. The van der Waals surface area contributed by atoms with E-state index < -0.39 is 0 Å². The monoisotopic (exact) mass is 233 g/mol. The van der Waals surface area contributed by atoms with Crippen LogP contribution in [0.15, 0.2) is 43.0 Å². The molecule has 0 saturated heterocycles. The van der Waals surface area contributed by atoms with Crippen LogP contribution in [0, 0.1) is 0 Å². The summed E-state index contributed by atoms with van der Waals surface area (Å²) in [5, 5.41) is 0.659. The molecule has 2 N–H and O–H groups in total. The molecule has 1 atom stereocenters. The van der Waals surface area contributed by atoms with E-state index in [0.29, 0.717) is 11.4 Å². The zero-order valence-corrected chi connectivity index (χ0v) is 9.43. The lowest BCUT2D eigenvalue weighted by Gasteiger charge is -2.12. The van der Waals surface area contributed by atoms with Gasteiger partial charge >= 0.3 is 0 Å². The van der Waals surface area contributed by atoms with Crippen LogP contribution >= 0.6 is 11.6 Å². The van der Waals surface area contributed by atoms with Gasteiger partial charge in [0.2, 0.25) is 0 Å². The molecule has 0 aliphatic heterocycles. The molecule has 0 aromatic carbocycles. The highest BCUT2D eigenvalue weighted by molar-refractivity contribution is 6.31. The standard InChI is InChI=1S/C12H12ClN3/c13-11-8-16-6-3-10(11)7-12(14)9-1-4-15-5-2-9/h1-6,8,12H,7,14H2. The van der Waals surface area contributed by atoms with Crippen LogP contribution in [0.4, 0.5) is 0 Å². The first-order chi connectivity index (χ1) is 7.77. The third-order valence-electron chi connectivity index (χ3n) is 2.43. The largest absolute Gasteiger partial charge is 0.324 e. The molecular formula is C12H12ClN3. The molecule has 2 aromatic rings. The van der Waals surface area contributed by atoms with Crippen molar-refractivity contribution in [3.8, 4) is 0 Å². The summed E-state index contributed by atoms with van der Waals surface area (Å²) in [7, 11) is 0. The van der Waals surface area contributed by atoms with Crippen molar-refractivity contribution in [2.75, 3.05) is 0 Å². The van der Waals surface area contributed by atoms with Gasteiger partial charge in [-0.1, -0.05) is 11.6 Å². The van der Waals surface area contributed by atoms with Gasteiger partial charge in [0.05, 0.1) is 5.02 Å². The van der Waals surface area contributed by atoms with E-state index in [-0.39, 0.29) is 6.04 Å². The Kier molecular flexibility index (Phi) is 3.49.